The van der Waals surface area contributed by atoms with Gasteiger partial charge in [-0.25, -0.2) is 9.59 Å². The van der Waals surface area contributed by atoms with Crippen molar-refractivity contribution in [3.8, 4) is 0 Å². The first-order chi connectivity index (χ1) is 15.0. The van der Waals surface area contributed by atoms with Crippen molar-refractivity contribution in [3.63, 3.8) is 0 Å². The Hall–Kier alpha value is -3.35. The largest absolute Gasteiger partial charge is 0.449 e. The van der Waals surface area contributed by atoms with Crippen molar-refractivity contribution in [1.82, 2.24) is 4.90 Å². The molecule has 0 N–H and O–H groups in total. The number of cyclic esters (lactones) is 1. The second-order valence-corrected chi connectivity index (χ2v) is 8.80. The van der Waals surface area contributed by atoms with Crippen LogP contribution >= 0.6 is 0 Å². The number of amides is 2. The molecule has 0 aromatic heterocycles. The number of ether oxygens (including phenoxy) is 2. The quantitative estimate of drug-likeness (QED) is 0.717. The van der Waals surface area contributed by atoms with E-state index in [0.717, 1.165) is 29.7 Å². The van der Waals surface area contributed by atoms with Crippen LogP contribution < -0.4 is 4.90 Å². The maximum Gasteiger partial charge on any atom is 0.414 e. The highest BCUT2D eigenvalue weighted by molar-refractivity contribution is 5.96. The van der Waals surface area contributed by atoms with Crippen molar-refractivity contribution in [1.29, 1.82) is 0 Å². The van der Waals surface area contributed by atoms with Crippen LogP contribution in [0.5, 0.6) is 0 Å². The van der Waals surface area contributed by atoms with Gasteiger partial charge in [-0.3, -0.25) is 9.69 Å². The average molecular weight is 418 g/mol. The summed E-state index contributed by atoms with van der Waals surface area (Å²) in [5, 5.41) is 0. The van der Waals surface area contributed by atoms with E-state index in [1.54, 1.807) is 11.0 Å². The van der Waals surface area contributed by atoms with Crippen molar-refractivity contribution < 1.29 is 23.9 Å². The second kappa shape index (κ2) is 6.33. The lowest BCUT2D eigenvalue weighted by atomic mass is 9.91. The van der Waals surface area contributed by atoms with Gasteiger partial charge in [0, 0.05) is 24.2 Å². The molecule has 3 fully saturated rings. The van der Waals surface area contributed by atoms with Gasteiger partial charge in [-0.2, -0.15) is 0 Å². The number of hydrogen-bond donors (Lipinski definition) is 0. The Morgan fingerprint density at radius 3 is 2.42 bits per heavy atom. The van der Waals surface area contributed by atoms with E-state index < -0.39 is 11.0 Å². The Kier molecular flexibility index (Phi) is 3.76. The summed E-state index contributed by atoms with van der Waals surface area (Å²) in [6, 6.07) is 15.1. The molecule has 6 rings (SSSR count). The lowest BCUT2D eigenvalue weighted by Gasteiger charge is -2.27. The van der Waals surface area contributed by atoms with Gasteiger partial charge >= 0.3 is 12.1 Å². The van der Waals surface area contributed by atoms with Crippen molar-refractivity contribution in [2.75, 3.05) is 31.1 Å². The number of rotatable bonds is 3. The zero-order valence-corrected chi connectivity index (χ0v) is 17.0. The second-order valence-electron chi connectivity index (χ2n) is 8.80. The number of fused-ring (bicyclic) bond motifs is 2. The Bertz CT molecular complexity index is 1110. The van der Waals surface area contributed by atoms with Gasteiger partial charge in [0.05, 0.1) is 24.1 Å². The van der Waals surface area contributed by atoms with E-state index >= 15 is 0 Å². The predicted octanol–water partition coefficient (Wildman–Crippen LogP) is 2.97. The molecule has 158 valence electrons. The number of esters is 1. The molecule has 2 amide bonds. The highest BCUT2D eigenvalue weighted by Gasteiger charge is 2.57. The monoisotopic (exact) mass is 418 g/mol. The van der Waals surface area contributed by atoms with Gasteiger partial charge in [-0.05, 0) is 36.6 Å². The highest BCUT2D eigenvalue weighted by atomic mass is 16.6. The van der Waals surface area contributed by atoms with Gasteiger partial charge in [0.15, 0.2) is 5.60 Å². The summed E-state index contributed by atoms with van der Waals surface area (Å²) >= 11 is 0. The first-order valence-corrected chi connectivity index (χ1v) is 10.7. The minimum atomic E-state index is -0.723. The van der Waals surface area contributed by atoms with E-state index in [1.807, 2.05) is 47.4 Å². The van der Waals surface area contributed by atoms with Gasteiger partial charge in [0.25, 0.3) is 0 Å². The number of hydrogen-bond acceptors (Lipinski definition) is 5. The van der Waals surface area contributed by atoms with Crippen molar-refractivity contribution >= 4 is 23.7 Å². The SMILES string of the molecule is O=C1O[C@]2(CCN(C(=O)C3(c4ccc(N5CCOC5=O)cc4)CC3)C2)c2ccccc21. The smallest absolute Gasteiger partial charge is 0.414 e. The van der Waals surface area contributed by atoms with Crippen LogP contribution in [0.15, 0.2) is 48.5 Å². The Morgan fingerprint density at radius 1 is 0.935 bits per heavy atom. The van der Waals surface area contributed by atoms with Crippen LogP contribution in [0, 0.1) is 0 Å². The molecule has 0 unspecified atom stereocenters. The van der Waals surface area contributed by atoms with Gasteiger partial charge < -0.3 is 14.4 Å². The fourth-order valence-electron chi connectivity index (χ4n) is 5.25. The maximum atomic E-state index is 13.6. The number of benzene rings is 2. The average Bonchev–Trinajstić information content (AvgIpc) is 3.18. The Balaban J connectivity index is 1.23. The molecular weight excluding hydrogens is 396 g/mol. The molecule has 7 heteroatoms. The number of nitrogens with zero attached hydrogens (tertiary/aromatic N) is 2. The summed E-state index contributed by atoms with van der Waals surface area (Å²) in [5.41, 5.74) is 2.01. The minimum Gasteiger partial charge on any atom is -0.449 e. The van der Waals surface area contributed by atoms with Crippen molar-refractivity contribution in [2.24, 2.45) is 0 Å². The summed E-state index contributed by atoms with van der Waals surface area (Å²) in [6.45, 7) is 1.90. The third-order valence-electron chi connectivity index (χ3n) is 7.10. The molecule has 1 aliphatic carbocycles. The zero-order chi connectivity index (χ0) is 21.2. The third-order valence-corrected chi connectivity index (χ3v) is 7.10. The fraction of sp³-hybridized carbons (Fsp3) is 0.375. The molecule has 2 aromatic carbocycles. The molecule has 2 aromatic rings. The first-order valence-electron chi connectivity index (χ1n) is 10.7. The molecule has 1 spiro atoms. The summed E-state index contributed by atoms with van der Waals surface area (Å²) in [4.78, 5) is 41.1. The number of likely N-dealkylation sites (tertiary alicyclic amines) is 1. The molecule has 31 heavy (non-hydrogen) atoms. The molecule has 3 aliphatic heterocycles. The molecule has 4 aliphatic rings. The molecule has 1 saturated carbocycles. The molecule has 2 saturated heterocycles. The molecule has 0 radical (unpaired) electrons. The van der Waals surface area contributed by atoms with Crippen LogP contribution in [0.2, 0.25) is 0 Å². The van der Waals surface area contributed by atoms with Crippen LogP contribution in [0.3, 0.4) is 0 Å². The summed E-state index contributed by atoms with van der Waals surface area (Å²) in [7, 11) is 0. The van der Waals surface area contributed by atoms with E-state index in [2.05, 4.69) is 0 Å². The third kappa shape index (κ3) is 2.62. The topological polar surface area (TPSA) is 76.2 Å². The minimum absolute atomic E-state index is 0.0955. The first kappa shape index (κ1) is 18.4. The van der Waals surface area contributed by atoms with Crippen LogP contribution in [-0.4, -0.2) is 49.1 Å². The molecule has 3 heterocycles. The molecule has 1 atom stereocenters. The number of carbonyl (C=O) groups excluding carboxylic acids is 3. The van der Waals surface area contributed by atoms with Gasteiger partial charge in [0.2, 0.25) is 5.91 Å². The van der Waals surface area contributed by atoms with Gasteiger partial charge in [-0.1, -0.05) is 30.3 Å². The Morgan fingerprint density at radius 2 is 1.71 bits per heavy atom. The normalized spacial score (nSPS) is 25.5. The van der Waals surface area contributed by atoms with E-state index in [9.17, 15) is 14.4 Å². The highest BCUT2D eigenvalue weighted by Crippen LogP contribution is 2.52. The fourth-order valence-corrected chi connectivity index (χ4v) is 5.25. The van der Waals surface area contributed by atoms with E-state index in [0.29, 0.717) is 38.2 Å². The van der Waals surface area contributed by atoms with Crippen LogP contribution in [0.1, 0.15) is 40.7 Å². The molecular formula is C24H22N2O5. The van der Waals surface area contributed by atoms with Crippen molar-refractivity contribution in [2.45, 2.75) is 30.3 Å². The molecule has 7 nitrogen and oxygen atoms in total. The van der Waals surface area contributed by atoms with Crippen LogP contribution in [0.4, 0.5) is 10.5 Å². The van der Waals surface area contributed by atoms with Crippen LogP contribution in [-0.2, 0) is 25.3 Å². The van der Waals surface area contributed by atoms with E-state index in [1.165, 1.54) is 0 Å². The predicted molar refractivity (Wildman–Crippen MR) is 111 cm³/mol. The summed E-state index contributed by atoms with van der Waals surface area (Å²) in [6.07, 6.45) is 1.89. The zero-order valence-electron chi connectivity index (χ0n) is 17.0. The van der Waals surface area contributed by atoms with Crippen molar-refractivity contribution in [3.05, 3.63) is 65.2 Å². The summed E-state index contributed by atoms with van der Waals surface area (Å²) in [5.74, 6) is -0.208. The summed E-state index contributed by atoms with van der Waals surface area (Å²) < 4.78 is 10.8. The standard InChI is InChI=1S/C24H22N2O5/c27-20-18-3-1-2-4-19(18)24(31-20)11-12-25(15-24)21(28)23(9-10-23)16-5-7-17(8-6-16)26-13-14-30-22(26)29/h1-8H,9-15H2/t24-/m0/s1. The maximum absolute atomic E-state index is 13.6. The van der Waals surface area contributed by atoms with E-state index in [-0.39, 0.29) is 18.0 Å². The lowest BCUT2D eigenvalue weighted by molar-refractivity contribution is -0.134. The van der Waals surface area contributed by atoms with Gasteiger partial charge in [0.1, 0.15) is 6.61 Å². The van der Waals surface area contributed by atoms with Crippen LogP contribution in [0.25, 0.3) is 0 Å². The number of carbonyl (C=O) groups is 3. The number of anilines is 1. The lowest BCUT2D eigenvalue weighted by Crippen LogP contribution is -2.40. The molecule has 0 bridgehead atoms. The Labute approximate surface area is 179 Å². The van der Waals surface area contributed by atoms with Gasteiger partial charge in [-0.15, -0.1) is 0 Å². The van der Waals surface area contributed by atoms with E-state index in [4.69, 9.17) is 9.47 Å².